The molecule has 0 saturated heterocycles. The predicted octanol–water partition coefficient (Wildman–Crippen LogP) is 4.18. The first-order valence-electron chi connectivity index (χ1n) is 11.4. The molecule has 35 heavy (non-hydrogen) atoms. The summed E-state index contributed by atoms with van der Waals surface area (Å²) in [7, 11) is 0. The Morgan fingerprint density at radius 2 is 1.91 bits per heavy atom. The molecule has 1 amide bonds. The normalized spacial score (nSPS) is 20.9. The number of aromatic hydroxyl groups is 1. The molecule has 1 unspecified atom stereocenters. The Bertz CT molecular complexity index is 1320. The van der Waals surface area contributed by atoms with Gasteiger partial charge in [0.25, 0.3) is 0 Å². The Balaban J connectivity index is 1.66. The van der Waals surface area contributed by atoms with Crippen LogP contribution in [0.3, 0.4) is 0 Å². The molecular formula is C27H28N4O4. The largest absolute Gasteiger partial charge is 0.507 e. The van der Waals surface area contributed by atoms with E-state index >= 15 is 0 Å². The fraction of sp³-hybridized carbons (Fsp3) is 0.259. The molecule has 0 spiro atoms. The van der Waals surface area contributed by atoms with Gasteiger partial charge in [-0.15, -0.1) is 0 Å². The Morgan fingerprint density at radius 1 is 1.17 bits per heavy atom. The summed E-state index contributed by atoms with van der Waals surface area (Å²) < 4.78 is 0. The number of hydrogen-bond donors (Lipinski definition) is 3. The Kier molecular flexibility index (Phi) is 6.30. The average molecular weight is 473 g/mol. The minimum absolute atomic E-state index is 0.0242. The molecule has 0 saturated carbocycles. The SMILES string of the molecule is Cc1ccc(N2N=C(C(C)C)/C(=N/NC3(C(=O)O)C=CC=C(c4ccccc4O)C3)C2=O)cc1C. The summed E-state index contributed by atoms with van der Waals surface area (Å²) in [5.41, 5.74) is 5.62. The number of benzene rings is 2. The van der Waals surface area contributed by atoms with Crippen molar-refractivity contribution < 1.29 is 19.8 Å². The van der Waals surface area contributed by atoms with Gasteiger partial charge in [0.1, 0.15) is 5.75 Å². The fourth-order valence-corrected chi connectivity index (χ4v) is 4.04. The van der Waals surface area contributed by atoms with Gasteiger partial charge in [-0.05, 0) is 60.7 Å². The third-order valence-corrected chi connectivity index (χ3v) is 6.27. The lowest BCUT2D eigenvalue weighted by Crippen LogP contribution is -2.50. The number of anilines is 1. The summed E-state index contributed by atoms with van der Waals surface area (Å²) in [4.78, 5) is 25.7. The minimum Gasteiger partial charge on any atom is -0.507 e. The van der Waals surface area contributed by atoms with E-state index in [2.05, 4.69) is 15.6 Å². The number of amides is 1. The van der Waals surface area contributed by atoms with E-state index in [0.29, 0.717) is 22.5 Å². The zero-order chi connectivity index (χ0) is 25.3. The summed E-state index contributed by atoms with van der Waals surface area (Å²) in [6.45, 7) is 7.76. The Morgan fingerprint density at radius 3 is 2.57 bits per heavy atom. The van der Waals surface area contributed by atoms with Crippen molar-refractivity contribution >= 4 is 34.6 Å². The van der Waals surface area contributed by atoms with Gasteiger partial charge in [-0.1, -0.05) is 50.3 Å². The van der Waals surface area contributed by atoms with Gasteiger partial charge in [0, 0.05) is 12.0 Å². The van der Waals surface area contributed by atoms with Gasteiger partial charge in [0.05, 0.1) is 11.4 Å². The topological polar surface area (TPSA) is 115 Å². The van der Waals surface area contributed by atoms with E-state index in [0.717, 1.165) is 11.1 Å². The summed E-state index contributed by atoms with van der Waals surface area (Å²) in [6, 6.07) is 12.4. The van der Waals surface area contributed by atoms with E-state index in [9.17, 15) is 19.8 Å². The Hall–Kier alpha value is -4.20. The van der Waals surface area contributed by atoms with Crippen LogP contribution in [-0.2, 0) is 9.59 Å². The number of para-hydroxylation sites is 1. The zero-order valence-corrected chi connectivity index (χ0v) is 20.1. The number of carbonyl (C=O) groups excluding carboxylic acids is 1. The molecule has 1 aliphatic carbocycles. The van der Waals surface area contributed by atoms with Gasteiger partial charge in [-0.2, -0.15) is 15.2 Å². The molecule has 3 N–H and O–H groups in total. The first kappa shape index (κ1) is 23.9. The quantitative estimate of drug-likeness (QED) is 0.546. The number of hydrogen-bond acceptors (Lipinski definition) is 6. The first-order chi connectivity index (χ1) is 16.6. The van der Waals surface area contributed by atoms with Crippen molar-refractivity contribution in [1.82, 2.24) is 5.43 Å². The van der Waals surface area contributed by atoms with Crippen LogP contribution >= 0.6 is 0 Å². The lowest BCUT2D eigenvalue weighted by atomic mass is 9.84. The lowest BCUT2D eigenvalue weighted by molar-refractivity contribution is -0.142. The van der Waals surface area contributed by atoms with E-state index in [1.165, 1.54) is 11.1 Å². The van der Waals surface area contributed by atoms with Crippen molar-refractivity contribution in [2.24, 2.45) is 16.1 Å². The van der Waals surface area contributed by atoms with E-state index in [1.807, 2.05) is 45.9 Å². The highest BCUT2D eigenvalue weighted by atomic mass is 16.4. The molecule has 8 heteroatoms. The van der Waals surface area contributed by atoms with Gasteiger partial charge in [0.2, 0.25) is 0 Å². The fourth-order valence-electron chi connectivity index (χ4n) is 4.04. The molecule has 0 aromatic heterocycles. The van der Waals surface area contributed by atoms with Crippen molar-refractivity contribution in [3.05, 3.63) is 77.4 Å². The van der Waals surface area contributed by atoms with Gasteiger partial charge >= 0.3 is 11.9 Å². The molecule has 0 fully saturated rings. The van der Waals surface area contributed by atoms with Crippen LogP contribution < -0.4 is 10.4 Å². The van der Waals surface area contributed by atoms with Crippen LogP contribution in [0.2, 0.25) is 0 Å². The van der Waals surface area contributed by atoms with Crippen LogP contribution in [0.4, 0.5) is 5.69 Å². The highest BCUT2D eigenvalue weighted by Crippen LogP contribution is 2.35. The van der Waals surface area contributed by atoms with Gasteiger partial charge in [0.15, 0.2) is 11.3 Å². The van der Waals surface area contributed by atoms with Crippen LogP contribution in [-0.4, -0.2) is 39.1 Å². The number of nitrogens with zero attached hydrogens (tertiary/aromatic N) is 3. The molecule has 2 aliphatic rings. The lowest BCUT2D eigenvalue weighted by Gasteiger charge is -2.29. The second-order valence-electron chi connectivity index (χ2n) is 9.12. The van der Waals surface area contributed by atoms with E-state index < -0.39 is 17.4 Å². The molecule has 1 heterocycles. The maximum atomic E-state index is 13.3. The number of carboxylic acids is 1. The number of phenolic OH excluding ortho intramolecular Hbond substituents is 1. The number of aliphatic carboxylic acids is 1. The van der Waals surface area contributed by atoms with Gasteiger partial charge in [-0.25, -0.2) is 4.79 Å². The Labute approximate surface area is 204 Å². The van der Waals surface area contributed by atoms with E-state index in [4.69, 9.17) is 0 Å². The highest BCUT2D eigenvalue weighted by molar-refractivity contribution is 6.71. The summed E-state index contributed by atoms with van der Waals surface area (Å²) in [5, 5.41) is 30.5. The van der Waals surface area contributed by atoms with Crippen molar-refractivity contribution in [2.75, 3.05) is 5.01 Å². The van der Waals surface area contributed by atoms with Crippen molar-refractivity contribution in [2.45, 2.75) is 39.7 Å². The number of nitrogens with one attached hydrogen (secondary N) is 1. The second kappa shape index (κ2) is 9.21. The van der Waals surface area contributed by atoms with Crippen molar-refractivity contribution in [3.8, 4) is 5.75 Å². The molecule has 2 aromatic rings. The molecule has 0 bridgehead atoms. The van der Waals surface area contributed by atoms with Crippen LogP contribution in [0.25, 0.3) is 5.57 Å². The number of carboxylic acid groups (broad SMARTS) is 1. The zero-order valence-electron chi connectivity index (χ0n) is 20.1. The third-order valence-electron chi connectivity index (χ3n) is 6.27. The van der Waals surface area contributed by atoms with Crippen LogP contribution in [0, 0.1) is 19.8 Å². The van der Waals surface area contributed by atoms with Crippen LogP contribution in [0.15, 0.2) is 70.9 Å². The molecule has 180 valence electrons. The van der Waals surface area contributed by atoms with Crippen molar-refractivity contribution in [3.63, 3.8) is 0 Å². The van der Waals surface area contributed by atoms with E-state index in [-0.39, 0.29) is 23.8 Å². The standard InChI is InChI=1S/C27H28N4O4/c1-16(2)23-24(25(33)31(29-23)20-12-11-17(3)18(4)14-20)28-30-27(26(34)35)13-7-8-19(15-27)21-9-5-6-10-22(21)32/h5-14,16,30,32H,15H2,1-4H3,(H,34,35)/b28-24-. The average Bonchev–Trinajstić information content (AvgIpc) is 3.16. The molecule has 1 aliphatic heterocycles. The summed E-state index contributed by atoms with van der Waals surface area (Å²) in [6.07, 6.45) is 4.89. The second-order valence-corrected chi connectivity index (χ2v) is 9.12. The van der Waals surface area contributed by atoms with Crippen molar-refractivity contribution in [1.29, 1.82) is 0 Å². The number of allylic oxidation sites excluding steroid dienone is 2. The van der Waals surface area contributed by atoms with E-state index in [1.54, 1.807) is 36.4 Å². The maximum Gasteiger partial charge on any atom is 0.335 e. The minimum atomic E-state index is -1.60. The van der Waals surface area contributed by atoms with Gasteiger partial charge < -0.3 is 10.2 Å². The first-order valence-corrected chi connectivity index (χ1v) is 11.4. The maximum absolute atomic E-state index is 13.3. The molecule has 8 nitrogen and oxygen atoms in total. The molecule has 1 atom stereocenters. The molecule has 0 radical (unpaired) electrons. The predicted molar refractivity (Wildman–Crippen MR) is 136 cm³/mol. The van der Waals surface area contributed by atoms with Gasteiger partial charge in [-0.3, -0.25) is 10.2 Å². The van der Waals surface area contributed by atoms with Crippen LogP contribution in [0.5, 0.6) is 5.75 Å². The third kappa shape index (κ3) is 4.47. The summed E-state index contributed by atoms with van der Waals surface area (Å²) >= 11 is 0. The number of hydrazone groups is 2. The number of aryl methyl sites for hydroxylation is 2. The number of rotatable bonds is 6. The smallest absolute Gasteiger partial charge is 0.335 e. The molecule has 4 rings (SSSR count). The number of phenols is 1. The molecule has 2 aromatic carbocycles. The number of carbonyl (C=O) groups is 2. The molecular weight excluding hydrogens is 444 g/mol. The monoisotopic (exact) mass is 472 g/mol. The summed E-state index contributed by atoms with van der Waals surface area (Å²) in [5.74, 6) is -1.64. The highest BCUT2D eigenvalue weighted by Gasteiger charge is 2.41. The van der Waals surface area contributed by atoms with Crippen LogP contribution in [0.1, 0.15) is 37.0 Å².